The standard InChI is InChI=1S/C38H63NO14/c1-10-28(43)51-36-24(5)49-30(20-38(36,6)46)52-33-23(4)50-37(32(45)31(33)39(7)8)53-34-25(16-17-40)18-21(2)26(41)15-13-11-12-14-22(3)48-29(44)19-27(42)35(34)47-9/h11-13,15,17,21-27,30-37,41-42,45-46H,10,14,16,18-20H2,1-9H3/b12-11+,15-13+. The summed E-state index contributed by atoms with van der Waals surface area (Å²) in [5.74, 6) is -2.14. The second kappa shape index (κ2) is 20.6. The number of esters is 2. The van der Waals surface area contributed by atoms with Crippen molar-refractivity contribution in [1.29, 1.82) is 0 Å². The van der Waals surface area contributed by atoms with E-state index >= 15 is 0 Å². The first-order valence-electron chi connectivity index (χ1n) is 18.7. The number of cyclic esters (lactones) is 1. The Balaban J connectivity index is 1.92. The van der Waals surface area contributed by atoms with Gasteiger partial charge in [-0.05, 0) is 60.0 Å². The smallest absolute Gasteiger partial charge is 0.308 e. The number of carbonyl (C=O) groups is 3. The number of rotatable bonds is 10. The molecular formula is C38H63NO14. The van der Waals surface area contributed by atoms with E-state index in [9.17, 15) is 34.8 Å². The van der Waals surface area contributed by atoms with Crippen LogP contribution in [0.5, 0.6) is 0 Å². The number of methoxy groups -OCH3 is 1. The molecule has 2 fully saturated rings. The summed E-state index contributed by atoms with van der Waals surface area (Å²) in [6.45, 7) is 10.2. The lowest BCUT2D eigenvalue weighted by Crippen LogP contribution is -2.66. The van der Waals surface area contributed by atoms with Crippen LogP contribution in [-0.2, 0) is 47.5 Å². The van der Waals surface area contributed by atoms with Crippen LogP contribution < -0.4 is 0 Å². The van der Waals surface area contributed by atoms with Gasteiger partial charge in [-0.3, -0.25) is 9.59 Å². The molecule has 0 amide bonds. The fourth-order valence-corrected chi connectivity index (χ4v) is 7.48. The van der Waals surface area contributed by atoms with Gasteiger partial charge in [-0.25, -0.2) is 0 Å². The molecule has 0 aliphatic carbocycles. The van der Waals surface area contributed by atoms with E-state index in [4.69, 9.17) is 33.2 Å². The van der Waals surface area contributed by atoms with Gasteiger partial charge in [0, 0.05) is 32.8 Å². The van der Waals surface area contributed by atoms with Crippen LogP contribution in [-0.4, -0.2) is 150 Å². The normalized spacial score (nSPS) is 43.4. The van der Waals surface area contributed by atoms with Crippen LogP contribution in [0.3, 0.4) is 0 Å². The van der Waals surface area contributed by atoms with Crippen molar-refractivity contribution >= 4 is 18.2 Å². The molecule has 3 aliphatic heterocycles. The summed E-state index contributed by atoms with van der Waals surface area (Å²) in [4.78, 5) is 38.8. The molecule has 15 heteroatoms. The van der Waals surface area contributed by atoms with Crippen molar-refractivity contribution in [2.75, 3.05) is 21.2 Å². The molecule has 304 valence electrons. The van der Waals surface area contributed by atoms with Gasteiger partial charge in [0.15, 0.2) is 18.7 Å². The van der Waals surface area contributed by atoms with Crippen LogP contribution in [0.4, 0.5) is 0 Å². The van der Waals surface area contributed by atoms with E-state index in [1.807, 2.05) is 13.0 Å². The maximum absolute atomic E-state index is 12.9. The maximum Gasteiger partial charge on any atom is 0.308 e. The quantitative estimate of drug-likeness (QED) is 0.186. The number of nitrogens with zero attached hydrogens (tertiary/aromatic N) is 1. The van der Waals surface area contributed by atoms with Gasteiger partial charge < -0.3 is 63.3 Å². The zero-order valence-corrected chi connectivity index (χ0v) is 32.6. The van der Waals surface area contributed by atoms with E-state index in [0.29, 0.717) is 12.7 Å². The van der Waals surface area contributed by atoms with Crippen molar-refractivity contribution < 1.29 is 68.0 Å². The molecule has 0 aromatic rings. The van der Waals surface area contributed by atoms with E-state index in [2.05, 4.69) is 0 Å². The molecule has 53 heavy (non-hydrogen) atoms. The highest BCUT2D eigenvalue weighted by Gasteiger charge is 2.52. The minimum absolute atomic E-state index is 0.0298. The lowest BCUT2D eigenvalue weighted by molar-refractivity contribution is -0.344. The number of carbonyl (C=O) groups excluding carboxylic acids is 3. The Kier molecular flexibility index (Phi) is 17.5. The van der Waals surface area contributed by atoms with Crippen LogP contribution in [0.1, 0.15) is 80.1 Å². The summed E-state index contributed by atoms with van der Waals surface area (Å²) >= 11 is 0. The summed E-state index contributed by atoms with van der Waals surface area (Å²) < 4.78 is 42.1. The van der Waals surface area contributed by atoms with Crippen LogP contribution >= 0.6 is 0 Å². The van der Waals surface area contributed by atoms with Gasteiger partial charge in [-0.1, -0.05) is 38.2 Å². The Hall–Kier alpha value is -2.31. The third kappa shape index (κ3) is 12.3. The van der Waals surface area contributed by atoms with Crippen molar-refractivity contribution in [3.05, 3.63) is 24.3 Å². The molecule has 0 saturated carbocycles. The molecule has 2 saturated heterocycles. The van der Waals surface area contributed by atoms with Gasteiger partial charge in [0.1, 0.15) is 36.3 Å². The average Bonchev–Trinajstić information content (AvgIpc) is 3.06. The molecule has 0 spiro atoms. The summed E-state index contributed by atoms with van der Waals surface area (Å²) in [6.07, 6.45) is -3.93. The Morgan fingerprint density at radius 2 is 1.74 bits per heavy atom. The highest BCUT2D eigenvalue weighted by molar-refractivity contribution is 5.70. The number of aliphatic hydroxyl groups is 4. The van der Waals surface area contributed by atoms with E-state index in [-0.39, 0.29) is 31.6 Å². The van der Waals surface area contributed by atoms with Crippen molar-refractivity contribution in [1.82, 2.24) is 4.90 Å². The van der Waals surface area contributed by atoms with E-state index < -0.39 is 110 Å². The number of hydrogen-bond acceptors (Lipinski definition) is 15. The highest BCUT2D eigenvalue weighted by atomic mass is 16.7. The van der Waals surface area contributed by atoms with Crippen molar-refractivity contribution in [3.63, 3.8) is 0 Å². The van der Waals surface area contributed by atoms with Crippen molar-refractivity contribution in [2.24, 2.45) is 11.8 Å². The van der Waals surface area contributed by atoms with E-state index in [0.717, 1.165) is 0 Å². The van der Waals surface area contributed by atoms with E-state index in [1.54, 1.807) is 71.8 Å². The summed E-state index contributed by atoms with van der Waals surface area (Å²) in [6, 6.07) is -0.750. The van der Waals surface area contributed by atoms with Crippen LogP contribution in [0.15, 0.2) is 24.3 Å². The molecular weight excluding hydrogens is 694 g/mol. The summed E-state index contributed by atoms with van der Waals surface area (Å²) in [5, 5.41) is 45.5. The van der Waals surface area contributed by atoms with Crippen molar-refractivity contribution in [2.45, 2.75) is 165 Å². The summed E-state index contributed by atoms with van der Waals surface area (Å²) in [5.41, 5.74) is -1.47. The third-order valence-corrected chi connectivity index (χ3v) is 10.3. The Morgan fingerprint density at radius 1 is 1.04 bits per heavy atom. The zero-order chi connectivity index (χ0) is 39.6. The lowest BCUT2D eigenvalue weighted by atomic mass is 9.82. The zero-order valence-electron chi connectivity index (χ0n) is 32.6. The first-order valence-corrected chi connectivity index (χ1v) is 18.7. The monoisotopic (exact) mass is 757 g/mol. The second-order valence-corrected chi connectivity index (χ2v) is 15.1. The molecule has 3 heterocycles. The Bertz CT molecular complexity index is 1230. The van der Waals surface area contributed by atoms with Gasteiger partial charge in [-0.2, -0.15) is 0 Å². The number of ether oxygens (including phenoxy) is 7. The molecule has 0 bridgehead atoms. The molecule has 16 unspecified atom stereocenters. The maximum atomic E-state index is 12.9. The Labute approximate surface area is 313 Å². The minimum Gasteiger partial charge on any atom is -0.462 e. The molecule has 15 nitrogen and oxygen atoms in total. The second-order valence-electron chi connectivity index (χ2n) is 15.1. The largest absolute Gasteiger partial charge is 0.462 e. The number of likely N-dealkylation sites (N-methyl/N-ethyl adjacent to an activating group) is 1. The van der Waals surface area contributed by atoms with Gasteiger partial charge in [0.25, 0.3) is 0 Å². The first kappa shape index (κ1) is 45.1. The number of aldehydes is 1. The Morgan fingerprint density at radius 3 is 2.34 bits per heavy atom. The minimum atomic E-state index is -1.47. The molecule has 0 radical (unpaired) electrons. The number of aliphatic hydroxyl groups excluding tert-OH is 3. The van der Waals surface area contributed by atoms with Gasteiger partial charge >= 0.3 is 11.9 Å². The van der Waals surface area contributed by atoms with Gasteiger partial charge in [0.05, 0.1) is 43.0 Å². The fraction of sp³-hybridized carbons (Fsp3) is 0.816. The fourth-order valence-electron chi connectivity index (χ4n) is 7.48. The molecule has 4 N–H and O–H groups in total. The molecule has 16 atom stereocenters. The summed E-state index contributed by atoms with van der Waals surface area (Å²) in [7, 11) is 4.85. The number of allylic oxidation sites excluding steroid dienone is 2. The SMILES string of the molecule is CCC(=O)OC1C(C)OC(OC2C(C)OC(OC3C(CC=O)CC(C)C(O)/C=C/C=C/CC(C)OC(=O)CC(O)C3OC)C(O)C2N(C)C)CC1(C)O. The van der Waals surface area contributed by atoms with Gasteiger partial charge in [-0.15, -0.1) is 0 Å². The van der Waals surface area contributed by atoms with E-state index in [1.165, 1.54) is 7.11 Å². The van der Waals surface area contributed by atoms with Crippen LogP contribution in [0, 0.1) is 11.8 Å². The van der Waals surface area contributed by atoms with Crippen LogP contribution in [0.2, 0.25) is 0 Å². The number of hydrogen-bond donors (Lipinski definition) is 4. The van der Waals surface area contributed by atoms with Gasteiger partial charge in [0.2, 0.25) is 0 Å². The molecule has 3 aliphatic rings. The predicted molar refractivity (Wildman–Crippen MR) is 191 cm³/mol. The van der Waals surface area contributed by atoms with Crippen LogP contribution in [0.25, 0.3) is 0 Å². The topological polar surface area (TPSA) is 200 Å². The lowest BCUT2D eigenvalue weighted by Gasteiger charge is -2.50. The predicted octanol–water partition coefficient (Wildman–Crippen LogP) is 1.81. The third-order valence-electron chi connectivity index (χ3n) is 10.3. The molecule has 0 aromatic heterocycles. The van der Waals surface area contributed by atoms with Crippen molar-refractivity contribution in [3.8, 4) is 0 Å². The first-order chi connectivity index (χ1) is 24.9. The highest BCUT2D eigenvalue weighted by Crippen LogP contribution is 2.37. The average molecular weight is 758 g/mol. The molecule has 3 rings (SSSR count). The molecule has 0 aromatic carbocycles.